The third-order valence-electron chi connectivity index (χ3n) is 4.69. The minimum absolute atomic E-state index is 0.000355. The number of rotatable bonds is 7. The topological polar surface area (TPSA) is 69.6 Å². The molecular weight excluding hydrogens is 318 g/mol. The smallest absolute Gasteiger partial charge is 0.317 e. The summed E-state index contributed by atoms with van der Waals surface area (Å²) in [6.45, 7) is 0.774. The predicted octanol–water partition coefficient (Wildman–Crippen LogP) is 2.02. The van der Waals surface area contributed by atoms with Crippen LogP contribution in [0.15, 0.2) is 18.2 Å². The normalized spacial score (nSPS) is 23.0. The van der Waals surface area contributed by atoms with Gasteiger partial charge in [-0.05, 0) is 43.7 Å². The highest BCUT2D eigenvalue weighted by molar-refractivity contribution is 5.94. The number of amides is 1. The molecule has 0 saturated heterocycles. The summed E-state index contributed by atoms with van der Waals surface area (Å²) >= 11 is 0. The van der Waals surface area contributed by atoms with Crippen molar-refractivity contribution in [1.82, 2.24) is 10.2 Å². The van der Waals surface area contributed by atoms with Crippen molar-refractivity contribution in [2.75, 3.05) is 13.1 Å². The van der Waals surface area contributed by atoms with Crippen LogP contribution in [0.3, 0.4) is 0 Å². The fourth-order valence-corrected chi connectivity index (χ4v) is 3.09. The lowest BCUT2D eigenvalue weighted by molar-refractivity contribution is -0.139. The molecule has 0 spiro atoms. The number of carboxylic acid groups (broad SMARTS) is 1. The maximum Gasteiger partial charge on any atom is 0.317 e. The average Bonchev–Trinajstić information content (AvgIpc) is 3.28. The van der Waals surface area contributed by atoms with Crippen molar-refractivity contribution < 1.29 is 23.5 Å². The van der Waals surface area contributed by atoms with Gasteiger partial charge in [0.05, 0.1) is 12.1 Å². The van der Waals surface area contributed by atoms with Crippen molar-refractivity contribution in [2.45, 2.75) is 37.8 Å². The van der Waals surface area contributed by atoms with Crippen LogP contribution in [0, 0.1) is 17.6 Å². The number of carboxylic acids is 1. The number of nitrogens with one attached hydrogen (secondary N) is 1. The minimum Gasteiger partial charge on any atom is -0.480 e. The van der Waals surface area contributed by atoms with Crippen LogP contribution in [0.25, 0.3) is 0 Å². The summed E-state index contributed by atoms with van der Waals surface area (Å²) in [6.07, 6.45) is 3.54. The first-order valence-electron chi connectivity index (χ1n) is 8.14. The lowest BCUT2D eigenvalue weighted by Crippen LogP contribution is -2.55. The summed E-state index contributed by atoms with van der Waals surface area (Å²) in [6, 6.07) is 3.48. The van der Waals surface area contributed by atoms with E-state index in [2.05, 4.69) is 5.32 Å². The van der Waals surface area contributed by atoms with Gasteiger partial charge in [-0.15, -0.1) is 0 Å². The Morgan fingerprint density at radius 3 is 2.58 bits per heavy atom. The molecule has 130 valence electrons. The van der Waals surface area contributed by atoms with Crippen LogP contribution in [0.1, 0.15) is 36.0 Å². The van der Waals surface area contributed by atoms with Crippen molar-refractivity contribution in [3.8, 4) is 0 Å². The Morgan fingerprint density at radius 1 is 1.25 bits per heavy atom. The molecule has 1 amide bonds. The molecule has 0 unspecified atom stereocenters. The molecule has 0 aromatic heterocycles. The van der Waals surface area contributed by atoms with Crippen molar-refractivity contribution in [3.05, 3.63) is 35.4 Å². The highest BCUT2D eigenvalue weighted by atomic mass is 19.2. The van der Waals surface area contributed by atoms with Crippen molar-refractivity contribution in [3.63, 3.8) is 0 Å². The van der Waals surface area contributed by atoms with Crippen LogP contribution in [-0.4, -0.2) is 47.1 Å². The van der Waals surface area contributed by atoms with Crippen LogP contribution in [0.4, 0.5) is 8.78 Å². The lowest BCUT2D eigenvalue weighted by Gasteiger charge is -2.42. The zero-order valence-electron chi connectivity index (χ0n) is 13.2. The van der Waals surface area contributed by atoms with Gasteiger partial charge in [0.25, 0.3) is 5.91 Å². The molecule has 2 aliphatic rings. The fraction of sp³-hybridized carbons (Fsp3) is 0.529. The molecule has 0 aliphatic heterocycles. The Bertz CT molecular complexity index is 643. The second-order valence-corrected chi connectivity index (χ2v) is 6.66. The molecule has 0 bridgehead atoms. The molecular formula is C17H20F2N2O3. The molecule has 2 N–H and O–H groups in total. The fourth-order valence-electron chi connectivity index (χ4n) is 3.09. The monoisotopic (exact) mass is 338 g/mol. The molecule has 2 saturated carbocycles. The lowest BCUT2D eigenvalue weighted by atomic mass is 9.85. The average molecular weight is 338 g/mol. The first-order chi connectivity index (χ1) is 11.4. The van der Waals surface area contributed by atoms with Gasteiger partial charge in [0, 0.05) is 18.6 Å². The van der Waals surface area contributed by atoms with Gasteiger partial charge in [-0.1, -0.05) is 6.07 Å². The number of halogens is 2. The van der Waals surface area contributed by atoms with E-state index in [-0.39, 0.29) is 24.2 Å². The van der Waals surface area contributed by atoms with Gasteiger partial charge in [0.1, 0.15) is 0 Å². The molecule has 24 heavy (non-hydrogen) atoms. The van der Waals surface area contributed by atoms with Crippen LogP contribution in [-0.2, 0) is 4.79 Å². The minimum atomic E-state index is -1.15. The maximum absolute atomic E-state index is 13.6. The van der Waals surface area contributed by atoms with Gasteiger partial charge in [-0.25, -0.2) is 8.78 Å². The number of hydrogen-bond acceptors (Lipinski definition) is 3. The first kappa shape index (κ1) is 16.8. The van der Waals surface area contributed by atoms with E-state index in [0.717, 1.165) is 25.5 Å². The predicted molar refractivity (Wildman–Crippen MR) is 82.6 cm³/mol. The number of nitrogens with zero attached hydrogens (tertiary/aromatic N) is 1. The first-order valence-corrected chi connectivity index (χ1v) is 8.14. The van der Waals surface area contributed by atoms with E-state index in [1.807, 2.05) is 4.90 Å². The van der Waals surface area contributed by atoms with Gasteiger partial charge in [-0.3, -0.25) is 14.5 Å². The Kier molecular flexibility index (Phi) is 4.80. The number of benzene rings is 1. The summed E-state index contributed by atoms with van der Waals surface area (Å²) in [4.78, 5) is 25.0. The van der Waals surface area contributed by atoms with E-state index >= 15 is 0 Å². The molecule has 2 aliphatic carbocycles. The SMILES string of the molecule is O=C(O)CN(CC1CC1)C1CC(NC(=O)c2cccc(F)c2F)C1. The van der Waals surface area contributed by atoms with Crippen molar-refractivity contribution in [1.29, 1.82) is 0 Å². The third kappa shape index (κ3) is 3.90. The zero-order chi connectivity index (χ0) is 17.3. The van der Waals surface area contributed by atoms with Gasteiger partial charge in [0.15, 0.2) is 11.6 Å². The van der Waals surface area contributed by atoms with Crippen LogP contribution >= 0.6 is 0 Å². The largest absolute Gasteiger partial charge is 0.480 e. The second-order valence-electron chi connectivity index (χ2n) is 6.66. The number of carbonyl (C=O) groups is 2. The molecule has 0 heterocycles. The second kappa shape index (κ2) is 6.84. The summed E-state index contributed by atoms with van der Waals surface area (Å²) in [7, 11) is 0. The van der Waals surface area contributed by atoms with Crippen LogP contribution < -0.4 is 5.32 Å². The van der Waals surface area contributed by atoms with E-state index in [9.17, 15) is 18.4 Å². The Hall–Kier alpha value is -2.02. The Labute approximate surface area is 138 Å². The van der Waals surface area contributed by atoms with Gasteiger partial charge < -0.3 is 10.4 Å². The number of carbonyl (C=O) groups excluding carboxylic acids is 1. The van der Waals surface area contributed by atoms with Crippen LogP contribution in [0.5, 0.6) is 0 Å². The van der Waals surface area contributed by atoms with Gasteiger partial charge >= 0.3 is 5.97 Å². The molecule has 3 rings (SSSR count). The number of hydrogen-bond donors (Lipinski definition) is 2. The zero-order valence-corrected chi connectivity index (χ0v) is 13.2. The van der Waals surface area contributed by atoms with Crippen molar-refractivity contribution in [2.24, 2.45) is 5.92 Å². The molecule has 0 atom stereocenters. The molecule has 1 aromatic rings. The Morgan fingerprint density at radius 2 is 1.96 bits per heavy atom. The quantitative estimate of drug-likeness (QED) is 0.798. The molecule has 7 heteroatoms. The summed E-state index contributed by atoms with van der Waals surface area (Å²) in [5.74, 6) is -3.11. The van der Waals surface area contributed by atoms with E-state index < -0.39 is 23.5 Å². The summed E-state index contributed by atoms with van der Waals surface area (Å²) < 4.78 is 26.8. The highest BCUT2D eigenvalue weighted by Crippen LogP contribution is 2.33. The van der Waals surface area contributed by atoms with Crippen molar-refractivity contribution >= 4 is 11.9 Å². The highest BCUT2D eigenvalue weighted by Gasteiger charge is 2.38. The van der Waals surface area contributed by atoms with E-state index in [0.29, 0.717) is 18.8 Å². The summed E-state index contributed by atoms with van der Waals surface area (Å²) in [5, 5.41) is 11.7. The van der Waals surface area contributed by atoms with E-state index in [1.54, 1.807) is 0 Å². The summed E-state index contributed by atoms with van der Waals surface area (Å²) in [5.41, 5.74) is -0.307. The van der Waals surface area contributed by atoms with Crippen LogP contribution in [0.2, 0.25) is 0 Å². The molecule has 0 radical (unpaired) electrons. The number of aliphatic carboxylic acids is 1. The van der Waals surface area contributed by atoms with E-state index in [4.69, 9.17) is 5.11 Å². The Balaban J connectivity index is 1.52. The maximum atomic E-state index is 13.6. The standard InChI is InChI=1S/C17H20F2N2O3/c18-14-3-1-2-13(16(14)19)17(24)20-11-6-12(7-11)21(9-15(22)23)8-10-4-5-10/h1-3,10-12H,4-9H2,(H,20,24)(H,22,23). The molecule has 5 nitrogen and oxygen atoms in total. The molecule has 1 aromatic carbocycles. The van der Waals surface area contributed by atoms with E-state index in [1.165, 1.54) is 12.1 Å². The van der Waals surface area contributed by atoms with Gasteiger partial charge in [-0.2, -0.15) is 0 Å². The van der Waals surface area contributed by atoms with Gasteiger partial charge in [0.2, 0.25) is 0 Å². The molecule has 2 fully saturated rings. The third-order valence-corrected chi connectivity index (χ3v) is 4.69.